The van der Waals surface area contributed by atoms with E-state index in [1.54, 1.807) is 12.5 Å². The smallest absolute Gasteiger partial charge is 0.143 e. The van der Waals surface area contributed by atoms with E-state index in [1.807, 2.05) is 24.9 Å². The molecule has 0 spiro atoms. The first-order chi connectivity index (χ1) is 13.1. The number of aromatic nitrogens is 2. The molecule has 0 bridgehead atoms. The van der Waals surface area contributed by atoms with Crippen LogP contribution in [0.15, 0.2) is 49.4 Å². The topological polar surface area (TPSA) is 61.7 Å². The number of benzene rings is 1. The molecule has 2 aromatic rings. The van der Waals surface area contributed by atoms with Gasteiger partial charge in [0.2, 0.25) is 0 Å². The molecule has 2 heterocycles. The number of aliphatic hydroxyl groups is 1. The summed E-state index contributed by atoms with van der Waals surface area (Å²) in [7, 11) is 2.05. The monoisotopic (exact) mass is 368 g/mol. The Morgan fingerprint density at radius 3 is 2.63 bits per heavy atom. The van der Waals surface area contributed by atoms with Gasteiger partial charge in [-0.3, -0.25) is 0 Å². The van der Waals surface area contributed by atoms with E-state index in [4.69, 9.17) is 4.74 Å². The average molecular weight is 368 g/mol. The summed E-state index contributed by atoms with van der Waals surface area (Å²) in [5.41, 5.74) is 2.29. The molecule has 144 valence electrons. The Labute approximate surface area is 161 Å². The number of hydrogen-bond donors (Lipinski definition) is 1. The Morgan fingerprint density at radius 1 is 1.22 bits per heavy atom. The van der Waals surface area contributed by atoms with Crippen molar-refractivity contribution in [3.05, 3.63) is 60.6 Å². The molecule has 0 aliphatic carbocycles. The fourth-order valence-corrected chi connectivity index (χ4v) is 3.49. The maximum atomic E-state index is 9.33. The zero-order valence-electron chi connectivity index (χ0n) is 16.1. The lowest BCUT2D eigenvalue weighted by Gasteiger charge is -2.29. The van der Waals surface area contributed by atoms with Crippen molar-refractivity contribution in [2.45, 2.75) is 38.5 Å². The van der Waals surface area contributed by atoms with E-state index in [9.17, 15) is 5.11 Å². The Morgan fingerprint density at radius 2 is 1.96 bits per heavy atom. The Kier molecular flexibility index (Phi) is 6.42. The predicted octanol–water partition coefficient (Wildman–Crippen LogP) is 2.91. The third-order valence-corrected chi connectivity index (χ3v) is 5.01. The first-order valence-electron chi connectivity index (χ1n) is 9.38. The SMILES string of the molecule is C=CN(c1ncnc(N(C)CCc2ccccc2)c1C)C1CCC(CO)O1. The number of aliphatic hydroxyl groups excluding tert-OH is 1. The summed E-state index contributed by atoms with van der Waals surface area (Å²) in [6.07, 6.45) is 5.67. The van der Waals surface area contributed by atoms with Crippen molar-refractivity contribution in [3.8, 4) is 0 Å². The molecule has 6 nitrogen and oxygen atoms in total. The minimum atomic E-state index is -0.157. The first kappa shape index (κ1) is 19.3. The molecule has 3 rings (SSSR count). The lowest BCUT2D eigenvalue weighted by atomic mass is 10.1. The van der Waals surface area contributed by atoms with Gasteiger partial charge in [-0.2, -0.15) is 0 Å². The van der Waals surface area contributed by atoms with Gasteiger partial charge in [0, 0.05) is 25.4 Å². The normalized spacial score (nSPS) is 19.1. The quantitative estimate of drug-likeness (QED) is 0.773. The van der Waals surface area contributed by atoms with Crippen molar-refractivity contribution in [2.24, 2.45) is 0 Å². The van der Waals surface area contributed by atoms with Gasteiger partial charge < -0.3 is 19.6 Å². The summed E-state index contributed by atoms with van der Waals surface area (Å²) < 4.78 is 5.91. The number of likely N-dealkylation sites (N-methyl/N-ethyl adjacent to an activating group) is 1. The number of rotatable bonds is 8. The molecule has 1 aliphatic heterocycles. The molecule has 2 atom stereocenters. The maximum absolute atomic E-state index is 9.33. The summed E-state index contributed by atoms with van der Waals surface area (Å²) in [6, 6.07) is 10.4. The molecule has 1 aliphatic rings. The van der Waals surface area contributed by atoms with Crippen molar-refractivity contribution in [2.75, 3.05) is 30.0 Å². The van der Waals surface area contributed by atoms with Crippen LogP contribution in [-0.4, -0.2) is 47.6 Å². The molecule has 6 heteroatoms. The molecule has 1 fully saturated rings. The van der Waals surface area contributed by atoms with E-state index < -0.39 is 0 Å². The second-order valence-electron chi connectivity index (χ2n) is 6.87. The zero-order valence-corrected chi connectivity index (χ0v) is 16.1. The van der Waals surface area contributed by atoms with Crippen LogP contribution in [0.4, 0.5) is 11.6 Å². The van der Waals surface area contributed by atoms with Crippen LogP contribution in [-0.2, 0) is 11.2 Å². The summed E-state index contributed by atoms with van der Waals surface area (Å²) in [4.78, 5) is 13.1. The molecule has 1 N–H and O–H groups in total. The highest BCUT2D eigenvalue weighted by atomic mass is 16.5. The second kappa shape index (κ2) is 8.97. The molecule has 2 unspecified atom stereocenters. The van der Waals surface area contributed by atoms with Gasteiger partial charge in [0.1, 0.15) is 24.2 Å². The van der Waals surface area contributed by atoms with Crippen LogP contribution in [0.5, 0.6) is 0 Å². The fourth-order valence-electron chi connectivity index (χ4n) is 3.49. The third kappa shape index (κ3) is 4.46. The van der Waals surface area contributed by atoms with Crippen LogP contribution in [0.25, 0.3) is 0 Å². The molecule has 0 saturated carbocycles. The number of hydrogen-bond acceptors (Lipinski definition) is 6. The second-order valence-corrected chi connectivity index (χ2v) is 6.87. The van der Waals surface area contributed by atoms with Gasteiger partial charge in [0.05, 0.1) is 12.7 Å². The lowest BCUT2D eigenvalue weighted by Crippen LogP contribution is -2.33. The standard InChI is InChI=1S/C21H28N4O2/c1-4-25(19-11-10-18(14-26)27-19)21-16(2)20(22-15-23-21)24(3)13-12-17-8-6-5-7-9-17/h4-9,15,18-19,26H,1,10-14H2,2-3H3. The highest BCUT2D eigenvalue weighted by Crippen LogP contribution is 2.31. The van der Waals surface area contributed by atoms with Gasteiger partial charge in [0.25, 0.3) is 0 Å². The first-order valence-corrected chi connectivity index (χ1v) is 9.38. The van der Waals surface area contributed by atoms with Crippen LogP contribution in [0.1, 0.15) is 24.0 Å². The van der Waals surface area contributed by atoms with Gasteiger partial charge in [-0.05, 0) is 31.7 Å². The van der Waals surface area contributed by atoms with Crippen molar-refractivity contribution in [1.82, 2.24) is 9.97 Å². The minimum Gasteiger partial charge on any atom is -0.394 e. The minimum absolute atomic E-state index is 0.0394. The molecular weight excluding hydrogens is 340 g/mol. The van der Waals surface area contributed by atoms with E-state index in [2.05, 4.69) is 45.7 Å². The third-order valence-electron chi connectivity index (χ3n) is 5.01. The van der Waals surface area contributed by atoms with Gasteiger partial charge in [-0.1, -0.05) is 36.9 Å². The number of anilines is 2. The predicted molar refractivity (Wildman–Crippen MR) is 108 cm³/mol. The largest absolute Gasteiger partial charge is 0.394 e. The molecule has 1 aromatic carbocycles. The number of nitrogens with zero attached hydrogens (tertiary/aromatic N) is 4. The molecular formula is C21H28N4O2. The van der Waals surface area contributed by atoms with E-state index in [1.165, 1.54) is 5.56 Å². The van der Waals surface area contributed by atoms with E-state index in [-0.39, 0.29) is 18.9 Å². The summed E-state index contributed by atoms with van der Waals surface area (Å²) in [5, 5.41) is 9.33. The molecule has 1 aromatic heterocycles. The van der Waals surface area contributed by atoms with Gasteiger partial charge in [-0.15, -0.1) is 0 Å². The summed E-state index contributed by atoms with van der Waals surface area (Å²) in [5.74, 6) is 1.70. The van der Waals surface area contributed by atoms with Crippen LogP contribution in [0.2, 0.25) is 0 Å². The molecule has 0 radical (unpaired) electrons. The van der Waals surface area contributed by atoms with Gasteiger partial charge >= 0.3 is 0 Å². The van der Waals surface area contributed by atoms with Crippen molar-refractivity contribution >= 4 is 11.6 Å². The lowest BCUT2D eigenvalue weighted by molar-refractivity contribution is 0.0141. The average Bonchev–Trinajstić information content (AvgIpc) is 3.18. The van der Waals surface area contributed by atoms with E-state index in [0.29, 0.717) is 0 Å². The zero-order chi connectivity index (χ0) is 19.2. The highest BCUT2D eigenvalue weighted by Gasteiger charge is 2.30. The van der Waals surface area contributed by atoms with Crippen LogP contribution < -0.4 is 9.80 Å². The van der Waals surface area contributed by atoms with Crippen LogP contribution in [0, 0.1) is 6.92 Å². The van der Waals surface area contributed by atoms with Crippen molar-refractivity contribution in [3.63, 3.8) is 0 Å². The van der Waals surface area contributed by atoms with E-state index in [0.717, 1.165) is 43.0 Å². The summed E-state index contributed by atoms with van der Waals surface area (Å²) >= 11 is 0. The Bertz CT molecular complexity index is 753. The van der Waals surface area contributed by atoms with Crippen LogP contribution in [0.3, 0.4) is 0 Å². The van der Waals surface area contributed by atoms with E-state index >= 15 is 0 Å². The number of ether oxygens (including phenoxy) is 1. The van der Waals surface area contributed by atoms with Crippen molar-refractivity contribution in [1.29, 1.82) is 0 Å². The molecule has 1 saturated heterocycles. The maximum Gasteiger partial charge on any atom is 0.143 e. The van der Waals surface area contributed by atoms with Crippen LogP contribution >= 0.6 is 0 Å². The van der Waals surface area contributed by atoms with Gasteiger partial charge in [0.15, 0.2) is 0 Å². The highest BCUT2D eigenvalue weighted by molar-refractivity contribution is 5.60. The molecule has 27 heavy (non-hydrogen) atoms. The van der Waals surface area contributed by atoms with Crippen molar-refractivity contribution < 1.29 is 9.84 Å². The van der Waals surface area contributed by atoms with Gasteiger partial charge in [-0.25, -0.2) is 9.97 Å². The molecule has 0 amide bonds. The summed E-state index contributed by atoms with van der Waals surface area (Å²) in [6.45, 7) is 6.86. The Balaban J connectivity index is 1.75. The Hall–Kier alpha value is -2.44. The fraction of sp³-hybridized carbons (Fsp3) is 0.429.